The Morgan fingerprint density at radius 1 is 1.24 bits per heavy atom. The molecule has 0 saturated heterocycles. The number of para-hydroxylation sites is 1. The number of benzene rings is 1. The van der Waals surface area contributed by atoms with Gasteiger partial charge in [-0.15, -0.1) is 11.3 Å². The van der Waals surface area contributed by atoms with Gasteiger partial charge in [0.05, 0.1) is 10.2 Å². The first-order chi connectivity index (χ1) is 10.1. The topological polar surface area (TPSA) is 59.1 Å². The van der Waals surface area contributed by atoms with Crippen molar-refractivity contribution in [2.45, 2.75) is 41.3 Å². The van der Waals surface area contributed by atoms with Crippen LogP contribution in [-0.4, -0.2) is 30.9 Å². The normalized spacial score (nSPS) is 23.5. The molecule has 0 bridgehead atoms. The zero-order valence-electron chi connectivity index (χ0n) is 11.8. The van der Waals surface area contributed by atoms with Crippen molar-refractivity contribution in [1.29, 1.82) is 0 Å². The summed E-state index contributed by atoms with van der Waals surface area (Å²) in [6, 6.07) is 7.55. The maximum absolute atomic E-state index is 12.5. The molecule has 1 aliphatic carbocycles. The summed E-state index contributed by atoms with van der Waals surface area (Å²) in [5, 5.41) is 0.674. The fraction of sp³-hybridized carbons (Fsp3) is 0.500. The number of fused-ring (bicyclic) bond motifs is 1. The highest BCUT2D eigenvalue weighted by atomic mass is 32.2. The van der Waals surface area contributed by atoms with Crippen LogP contribution in [0.3, 0.4) is 0 Å². The number of nitrogens with one attached hydrogen (secondary N) is 1. The zero-order chi connectivity index (χ0) is 14.9. The number of thiazole rings is 1. The molecular weight excluding hydrogens is 324 g/mol. The van der Waals surface area contributed by atoms with Crippen LogP contribution in [0, 0.1) is 0 Å². The molecule has 0 unspecified atom stereocenters. The van der Waals surface area contributed by atoms with Crippen molar-refractivity contribution in [2.75, 3.05) is 6.26 Å². The van der Waals surface area contributed by atoms with E-state index in [0.717, 1.165) is 35.9 Å². The lowest BCUT2D eigenvalue weighted by molar-refractivity contribution is 0.420. The summed E-state index contributed by atoms with van der Waals surface area (Å²) in [5.74, 6) is 0. The van der Waals surface area contributed by atoms with E-state index < -0.39 is 10.0 Å². The number of sulfonamides is 1. The largest absolute Gasteiger partial charge is 0.268 e. The molecular formula is C14H18N2O2S3. The van der Waals surface area contributed by atoms with Crippen molar-refractivity contribution >= 4 is 43.3 Å². The molecule has 0 aliphatic heterocycles. The molecule has 1 fully saturated rings. The molecule has 0 amide bonds. The van der Waals surface area contributed by atoms with Crippen molar-refractivity contribution < 1.29 is 8.42 Å². The first kappa shape index (κ1) is 15.3. The average molecular weight is 343 g/mol. The Balaban J connectivity index is 1.75. The Morgan fingerprint density at radius 2 is 1.95 bits per heavy atom. The van der Waals surface area contributed by atoms with E-state index in [1.54, 1.807) is 0 Å². The van der Waals surface area contributed by atoms with Gasteiger partial charge < -0.3 is 0 Å². The van der Waals surface area contributed by atoms with Gasteiger partial charge in [-0.1, -0.05) is 12.1 Å². The van der Waals surface area contributed by atoms with Gasteiger partial charge in [-0.2, -0.15) is 11.8 Å². The highest BCUT2D eigenvalue weighted by molar-refractivity contribution is 7.99. The first-order valence-electron chi connectivity index (χ1n) is 6.99. The predicted molar refractivity (Wildman–Crippen MR) is 89.5 cm³/mol. The second-order valence-corrected chi connectivity index (χ2v) is 9.33. The van der Waals surface area contributed by atoms with E-state index in [4.69, 9.17) is 0 Å². The molecule has 1 saturated carbocycles. The van der Waals surface area contributed by atoms with Gasteiger partial charge in [0.15, 0.2) is 0 Å². The summed E-state index contributed by atoms with van der Waals surface area (Å²) in [7, 11) is -3.50. The lowest BCUT2D eigenvalue weighted by Gasteiger charge is -2.27. The Labute approximate surface area is 133 Å². The number of thioether (sulfide) groups is 1. The Kier molecular flexibility index (Phi) is 4.54. The fourth-order valence-electron chi connectivity index (χ4n) is 2.65. The highest BCUT2D eigenvalue weighted by Gasteiger charge is 2.27. The van der Waals surface area contributed by atoms with E-state index in [1.165, 1.54) is 11.3 Å². The molecule has 1 aromatic carbocycles. The molecule has 1 aromatic heterocycles. The van der Waals surface area contributed by atoms with E-state index in [-0.39, 0.29) is 10.4 Å². The van der Waals surface area contributed by atoms with Crippen LogP contribution < -0.4 is 4.72 Å². The van der Waals surface area contributed by atoms with Crippen LogP contribution in [0.4, 0.5) is 0 Å². The third-order valence-electron chi connectivity index (χ3n) is 3.83. The minimum absolute atomic E-state index is 0.0467. The second-order valence-electron chi connectivity index (χ2n) is 5.28. The maximum Gasteiger partial charge on any atom is 0.268 e. The Hall–Kier alpha value is -0.630. The molecule has 1 aliphatic rings. The molecule has 114 valence electrons. The van der Waals surface area contributed by atoms with E-state index in [2.05, 4.69) is 16.0 Å². The lowest BCUT2D eigenvalue weighted by atomic mass is 9.96. The van der Waals surface area contributed by atoms with Gasteiger partial charge in [-0.25, -0.2) is 18.1 Å². The van der Waals surface area contributed by atoms with Crippen molar-refractivity contribution in [2.24, 2.45) is 0 Å². The molecule has 4 nitrogen and oxygen atoms in total. The van der Waals surface area contributed by atoms with Crippen molar-refractivity contribution in [3.63, 3.8) is 0 Å². The Morgan fingerprint density at radius 3 is 2.62 bits per heavy atom. The molecule has 7 heteroatoms. The third kappa shape index (κ3) is 3.41. The number of hydrogen-bond donors (Lipinski definition) is 1. The summed E-state index contributed by atoms with van der Waals surface area (Å²) in [4.78, 5) is 4.24. The molecule has 21 heavy (non-hydrogen) atoms. The van der Waals surface area contributed by atoms with Gasteiger partial charge in [-0.05, 0) is 44.1 Å². The van der Waals surface area contributed by atoms with Gasteiger partial charge in [0.1, 0.15) is 0 Å². The van der Waals surface area contributed by atoms with Crippen molar-refractivity contribution in [3.05, 3.63) is 24.3 Å². The summed E-state index contributed by atoms with van der Waals surface area (Å²) in [6.45, 7) is 0. The van der Waals surface area contributed by atoms with Gasteiger partial charge in [0, 0.05) is 11.3 Å². The minimum atomic E-state index is -3.50. The van der Waals surface area contributed by atoms with Gasteiger partial charge in [0.25, 0.3) is 10.0 Å². The third-order valence-corrected chi connectivity index (χ3v) is 7.91. The molecule has 2 aromatic rings. The van der Waals surface area contributed by atoms with Crippen LogP contribution in [0.15, 0.2) is 28.6 Å². The van der Waals surface area contributed by atoms with Gasteiger partial charge >= 0.3 is 0 Å². The van der Waals surface area contributed by atoms with Crippen LogP contribution >= 0.6 is 23.1 Å². The molecule has 1 N–H and O–H groups in total. The van der Waals surface area contributed by atoms with Crippen LogP contribution in [0.2, 0.25) is 0 Å². The fourth-order valence-corrected chi connectivity index (χ4v) is 5.94. The van der Waals surface area contributed by atoms with E-state index in [0.29, 0.717) is 5.25 Å². The van der Waals surface area contributed by atoms with Crippen molar-refractivity contribution in [1.82, 2.24) is 9.71 Å². The van der Waals surface area contributed by atoms with Crippen molar-refractivity contribution in [3.8, 4) is 0 Å². The molecule has 0 atom stereocenters. The molecule has 0 radical (unpaired) electrons. The standard InChI is InChI=1S/C14H18N2O2S3/c1-19-11-8-6-10(7-9-11)16-21(17,18)14-15-12-4-2-3-5-13(12)20-14/h2-5,10-11,16H,6-9H2,1H3. The van der Waals surface area contributed by atoms with E-state index in [9.17, 15) is 8.42 Å². The van der Waals surface area contributed by atoms with E-state index in [1.807, 2.05) is 36.0 Å². The Bertz CT molecular complexity index is 686. The summed E-state index contributed by atoms with van der Waals surface area (Å²) < 4.78 is 28.8. The maximum atomic E-state index is 12.5. The zero-order valence-corrected chi connectivity index (χ0v) is 14.2. The van der Waals surface area contributed by atoms with Crippen LogP contribution in [-0.2, 0) is 10.0 Å². The van der Waals surface area contributed by atoms with Crippen LogP contribution in [0.5, 0.6) is 0 Å². The molecule has 1 heterocycles. The number of hydrogen-bond acceptors (Lipinski definition) is 5. The predicted octanol–water partition coefficient (Wildman–Crippen LogP) is 3.25. The summed E-state index contributed by atoms with van der Waals surface area (Å²) >= 11 is 3.11. The number of aromatic nitrogens is 1. The van der Waals surface area contributed by atoms with Crippen LogP contribution in [0.25, 0.3) is 10.2 Å². The van der Waals surface area contributed by atoms with E-state index >= 15 is 0 Å². The molecule has 3 rings (SSSR count). The monoisotopic (exact) mass is 342 g/mol. The smallest absolute Gasteiger partial charge is 0.224 e. The minimum Gasteiger partial charge on any atom is -0.224 e. The summed E-state index contributed by atoms with van der Waals surface area (Å²) in [6.07, 6.45) is 6.10. The quantitative estimate of drug-likeness (QED) is 0.926. The van der Waals surface area contributed by atoms with Gasteiger partial charge in [0.2, 0.25) is 4.34 Å². The first-order valence-corrected chi connectivity index (χ1v) is 10.6. The number of rotatable bonds is 4. The second kappa shape index (κ2) is 6.24. The summed E-state index contributed by atoms with van der Waals surface area (Å²) in [5.41, 5.74) is 0.744. The average Bonchev–Trinajstić information content (AvgIpc) is 2.92. The van der Waals surface area contributed by atoms with Crippen LogP contribution in [0.1, 0.15) is 25.7 Å². The van der Waals surface area contributed by atoms with Gasteiger partial charge in [-0.3, -0.25) is 0 Å². The lowest BCUT2D eigenvalue weighted by Crippen LogP contribution is -2.38. The number of nitrogens with zero attached hydrogens (tertiary/aromatic N) is 1. The molecule has 0 spiro atoms. The SMILES string of the molecule is CSC1CCC(NS(=O)(=O)c2nc3ccccc3s2)CC1. The highest BCUT2D eigenvalue weighted by Crippen LogP contribution is 2.29.